The van der Waals surface area contributed by atoms with Crippen LogP contribution in [-0.2, 0) is 10.7 Å². The van der Waals surface area contributed by atoms with Gasteiger partial charge in [0.15, 0.2) is 0 Å². The van der Waals surface area contributed by atoms with E-state index < -0.39 is 12.6 Å². The van der Waals surface area contributed by atoms with Gasteiger partial charge in [-0.05, 0) is 24.1 Å². The van der Waals surface area contributed by atoms with Crippen LogP contribution in [0, 0.1) is 6.92 Å². The van der Waals surface area contributed by atoms with Gasteiger partial charge in [-0.25, -0.2) is 0 Å². The van der Waals surface area contributed by atoms with Crippen LogP contribution in [-0.4, -0.2) is 12.6 Å². The van der Waals surface area contributed by atoms with Crippen LogP contribution in [0.4, 0.5) is 0 Å². The lowest BCUT2D eigenvalue weighted by molar-refractivity contribution is -0.307. The van der Waals surface area contributed by atoms with Crippen LogP contribution in [0.3, 0.4) is 0 Å². The van der Waals surface area contributed by atoms with Crippen molar-refractivity contribution in [3.63, 3.8) is 0 Å². The summed E-state index contributed by atoms with van der Waals surface area (Å²) in [7, 11) is 0. The highest BCUT2D eigenvalue weighted by molar-refractivity contribution is 6.17. The summed E-state index contributed by atoms with van der Waals surface area (Å²) in [5.41, 5.74) is 1.84. The Morgan fingerprint density at radius 2 is 2.29 bits per heavy atom. The van der Waals surface area contributed by atoms with E-state index in [-0.39, 0.29) is 0 Å². The van der Waals surface area contributed by atoms with E-state index in [0.717, 1.165) is 11.1 Å². The molecule has 0 aliphatic carbocycles. The number of hydrogen-bond donors (Lipinski definition) is 0. The number of carbonyl (C=O) groups is 1. The van der Waals surface area contributed by atoms with Gasteiger partial charge in [0, 0.05) is 5.88 Å². The first kappa shape index (κ1) is 10.9. The van der Waals surface area contributed by atoms with E-state index in [2.05, 4.69) is 0 Å². The van der Waals surface area contributed by atoms with E-state index in [1.807, 2.05) is 13.0 Å². The van der Waals surface area contributed by atoms with E-state index >= 15 is 0 Å². The van der Waals surface area contributed by atoms with Crippen molar-refractivity contribution in [3.05, 3.63) is 29.3 Å². The second-order valence-corrected chi connectivity index (χ2v) is 3.16. The molecule has 0 spiro atoms. The molecule has 76 valence electrons. The van der Waals surface area contributed by atoms with Gasteiger partial charge in [0.1, 0.15) is 12.4 Å². The Morgan fingerprint density at radius 3 is 2.79 bits per heavy atom. The zero-order valence-electron chi connectivity index (χ0n) is 7.75. The van der Waals surface area contributed by atoms with Crippen LogP contribution in [0.5, 0.6) is 5.75 Å². The van der Waals surface area contributed by atoms with E-state index in [4.69, 9.17) is 16.3 Å². The third-order valence-electron chi connectivity index (χ3n) is 1.74. The third-order valence-corrected chi connectivity index (χ3v) is 2.05. The van der Waals surface area contributed by atoms with Gasteiger partial charge in [0.05, 0.1) is 5.97 Å². The summed E-state index contributed by atoms with van der Waals surface area (Å²) in [6, 6.07) is 5.36. The van der Waals surface area contributed by atoms with Crippen molar-refractivity contribution in [1.29, 1.82) is 0 Å². The average molecular weight is 214 g/mol. The molecule has 0 aliphatic heterocycles. The normalized spacial score (nSPS) is 9.86. The monoisotopic (exact) mass is 213 g/mol. The quantitative estimate of drug-likeness (QED) is 0.698. The first-order valence-electron chi connectivity index (χ1n) is 4.11. The number of carbonyl (C=O) groups excluding carboxylic acids is 1. The van der Waals surface area contributed by atoms with Gasteiger partial charge in [-0.3, -0.25) is 0 Å². The topological polar surface area (TPSA) is 49.4 Å². The summed E-state index contributed by atoms with van der Waals surface area (Å²) in [5.74, 6) is -0.254. The van der Waals surface area contributed by atoms with Gasteiger partial charge in [-0.2, -0.15) is 0 Å². The number of halogens is 1. The van der Waals surface area contributed by atoms with Gasteiger partial charge < -0.3 is 14.6 Å². The van der Waals surface area contributed by atoms with Crippen LogP contribution in [0.15, 0.2) is 18.2 Å². The van der Waals surface area contributed by atoms with Gasteiger partial charge in [-0.1, -0.05) is 12.1 Å². The number of benzene rings is 1. The van der Waals surface area contributed by atoms with E-state index in [1.165, 1.54) is 0 Å². The van der Waals surface area contributed by atoms with Gasteiger partial charge in [0.2, 0.25) is 0 Å². The van der Waals surface area contributed by atoms with Crippen molar-refractivity contribution in [2.75, 3.05) is 6.61 Å². The molecule has 4 heteroatoms. The van der Waals surface area contributed by atoms with Gasteiger partial charge >= 0.3 is 0 Å². The molecular weight excluding hydrogens is 204 g/mol. The Morgan fingerprint density at radius 1 is 1.57 bits per heavy atom. The highest BCUT2D eigenvalue weighted by atomic mass is 35.5. The summed E-state index contributed by atoms with van der Waals surface area (Å²) in [6.45, 7) is 1.40. The predicted octanol–water partition coefficient (Wildman–Crippen LogP) is 0.863. The van der Waals surface area contributed by atoms with Crippen LogP contribution < -0.4 is 9.84 Å². The maximum absolute atomic E-state index is 10.1. The Bertz CT molecular complexity index is 336. The van der Waals surface area contributed by atoms with E-state index in [9.17, 15) is 9.90 Å². The molecule has 0 radical (unpaired) electrons. The van der Waals surface area contributed by atoms with Crippen LogP contribution >= 0.6 is 11.6 Å². The molecule has 0 aromatic heterocycles. The number of ether oxygens (including phenoxy) is 1. The standard InChI is InChI=1S/C10H11ClO3/c1-7-4-8(5-11)2-3-9(7)14-6-10(12)13/h2-4H,5-6H2,1H3,(H,12,13)/p-1. The number of aryl methyl sites for hydroxylation is 1. The highest BCUT2D eigenvalue weighted by Crippen LogP contribution is 2.19. The number of aliphatic carboxylic acids is 1. The number of carboxylic acid groups (broad SMARTS) is 1. The molecular formula is C10H10ClO3-. The fraction of sp³-hybridized carbons (Fsp3) is 0.300. The molecule has 3 nitrogen and oxygen atoms in total. The van der Waals surface area contributed by atoms with Crippen molar-refractivity contribution in [1.82, 2.24) is 0 Å². The predicted molar refractivity (Wildman–Crippen MR) is 51.2 cm³/mol. The van der Waals surface area contributed by atoms with Crippen molar-refractivity contribution in [2.24, 2.45) is 0 Å². The Balaban J connectivity index is 2.73. The van der Waals surface area contributed by atoms with Gasteiger partial charge in [0.25, 0.3) is 0 Å². The van der Waals surface area contributed by atoms with Crippen molar-refractivity contribution < 1.29 is 14.6 Å². The minimum Gasteiger partial charge on any atom is -0.546 e. The SMILES string of the molecule is Cc1cc(CCl)ccc1OCC(=O)[O-]. The molecule has 0 saturated heterocycles. The molecule has 14 heavy (non-hydrogen) atoms. The number of hydrogen-bond acceptors (Lipinski definition) is 3. The van der Waals surface area contributed by atoms with E-state index in [0.29, 0.717) is 11.6 Å². The summed E-state index contributed by atoms with van der Waals surface area (Å²) in [4.78, 5) is 10.1. The third kappa shape index (κ3) is 2.92. The lowest BCUT2D eigenvalue weighted by Crippen LogP contribution is -2.29. The molecule has 0 N–H and O–H groups in total. The molecule has 0 heterocycles. The maximum Gasteiger partial charge on any atom is 0.128 e. The summed E-state index contributed by atoms with van der Waals surface area (Å²) >= 11 is 5.63. The Labute approximate surface area is 87.3 Å². The molecule has 0 aliphatic rings. The zero-order chi connectivity index (χ0) is 10.6. The number of rotatable bonds is 4. The fourth-order valence-corrected chi connectivity index (χ4v) is 1.26. The molecule has 0 bridgehead atoms. The number of carboxylic acids is 1. The summed E-state index contributed by atoms with van der Waals surface area (Å²) < 4.78 is 4.99. The van der Waals surface area contributed by atoms with Crippen LogP contribution in [0.25, 0.3) is 0 Å². The molecule has 1 aromatic carbocycles. The van der Waals surface area contributed by atoms with Crippen LogP contribution in [0.2, 0.25) is 0 Å². The minimum absolute atomic E-state index is 0.430. The largest absolute Gasteiger partial charge is 0.546 e. The molecule has 0 fully saturated rings. The minimum atomic E-state index is -1.23. The first-order valence-corrected chi connectivity index (χ1v) is 4.65. The molecule has 1 rings (SSSR count). The summed E-state index contributed by atoms with van der Waals surface area (Å²) in [5, 5.41) is 10.1. The van der Waals surface area contributed by atoms with Crippen molar-refractivity contribution >= 4 is 17.6 Å². The average Bonchev–Trinajstić information content (AvgIpc) is 2.15. The maximum atomic E-state index is 10.1. The van der Waals surface area contributed by atoms with Crippen molar-refractivity contribution in [2.45, 2.75) is 12.8 Å². The second kappa shape index (κ2) is 4.86. The molecule has 1 aromatic rings. The molecule has 0 amide bonds. The molecule has 0 atom stereocenters. The number of alkyl halides is 1. The lowest BCUT2D eigenvalue weighted by Gasteiger charge is -2.10. The zero-order valence-corrected chi connectivity index (χ0v) is 8.50. The van der Waals surface area contributed by atoms with Crippen molar-refractivity contribution in [3.8, 4) is 5.75 Å². The Hall–Kier alpha value is -1.22. The molecule has 0 unspecified atom stereocenters. The highest BCUT2D eigenvalue weighted by Gasteiger charge is 2.00. The fourth-order valence-electron chi connectivity index (χ4n) is 1.09. The van der Waals surface area contributed by atoms with Gasteiger partial charge in [-0.15, -0.1) is 11.6 Å². The summed E-state index contributed by atoms with van der Waals surface area (Å²) in [6.07, 6.45) is 0. The lowest BCUT2D eigenvalue weighted by atomic mass is 10.1. The molecule has 0 saturated carbocycles. The van der Waals surface area contributed by atoms with E-state index in [1.54, 1.807) is 12.1 Å². The second-order valence-electron chi connectivity index (χ2n) is 2.89. The smallest absolute Gasteiger partial charge is 0.128 e. The Kier molecular flexibility index (Phi) is 3.77. The first-order chi connectivity index (χ1) is 6.63. The van der Waals surface area contributed by atoms with Crippen LogP contribution in [0.1, 0.15) is 11.1 Å².